The van der Waals surface area contributed by atoms with Gasteiger partial charge in [0.1, 0.15) is 0 Å². The number of amides is 1. The molecule has 122 valence electrons. The average molecular weight is 296 g/mol. The third-order valence-corrected chi connectivity index (χ3v) is 4.41. The van der Waals surface area contributed by atoms with Crippen LogP contribution in [-0.2, 0) is 4.79 Å². The molecule has 0 aliphatic heterocycles. The maximum Gasteiger partial charge on any atom is 0.223 e. The molecular weight excluding hydrogens is 264 g/mol. The summed E-state index contributed by atoms with van der Waals surface area (Å²) in [4.78, 5) is 17.4. The average Bonchev–Trinajstić information content (AvgIpc) is 2.46. The first-order valence-electron chi connectivity index (χ1n) is 8.11. The normalized spacial score (nSPS) is 23.0. The van der Waals surface area contributed by atoms with Gasteiger partial charge in [-0.05, 0) is 37.5 Å². The third kappa shape index (κ3) is 6.36. The Balaban J connectivity index is 2.27. The molecule has 1 fully saturated rings. The molecule has 5 nitrogen and oxygen atoms in total. The molecule has 0 unspecified atom stereocenters. The molecule has 0 spiro atoms. The lowest BCUT2D eigenvalue weighted by molar-refractivity contribution is -0.128. The quantitative estimate of drug-likeness (QED) is 0.601. The van der Waals surface area contributed by atoms with Gasteiger partial charge in [0.2, 0.25) is 5.91 Å². The minimum Gasteiger partial charge on any atom is -0.356 e. The van der Waals surface area contributed by atoms with Gasteiger partial charge in [-0.3, -0.25) is 9.79 Å². The predicted molar refractivity (Wildman–Crippen MR) is 88.4 cm³/mol. The summed E-state index contributed by atoms with van der Waals surface area (Å²) in [7, 11) is 5.34. The van der Waals surface area contributed by atoms with Crippen LogP contribution < -0.4 is 10.6 Å². The highest BCUT2D eigenvalue weighted by atomic mass is 16.2. The third-order valence-electron chi connectivity index (χ3n) is 4.41. The van der Waals surface area contributed by atoms with E-state index in [2.05, 4.69) is 29.5 Å². The van der Waals surface area contributed by atoms with Crippen molar-refractivity contribution in [3.63, 3.8) is 0 Å². The van der Waals surface area contributed by atoms with Crippen molar-refractivity contribution in [2.24, 2.45) is 16.8 Å². The molecule has 0 atom stereocenters. The van der Waals surface area contributed by atoms with Crippen molar-refractivity contribution < 1.29 is 4.79 Å². The van der Waals surface area contributed by atoms with Crippen LogP contribution in [-0.4, -0.2) is 50.5 Å². The van der Waals surface area contributed by atoms with Gasteiger partial charge < -0.3 is 15.5 Å². The summed E-state index contributed by atoms with van der Waals surface area (Å²) in [5, 5.41) is 6.71. The Morgan fingerprint density at radius 2 is 1.86 bits per heavy atom. The molecule has 0 aromatic rings. The SMILES string of the molecule is CN=C(NCCC(=O)N(C)C)NC1CCC(C(C)C)CC1. The Hall–Kier alpha value is -1.26. The summed E-state index contributed by atoms with van der Waals surface area (Å²) in [6.07, 6.45) is 5.50. The van der Waals surface area contributed by atoms with Crippen LogP contribution in [0.3, 0.4) is 0 Å². The van der Waals surface area contributed by atoms with Crippen LogP contribution in [0.15, 0.2) is 4.99 Å². The molecule has 0 aromatic carbocycles. The van der Waals surface area contributed by atoms with E-state index in [1.165, 1.54) is 25.7 Å². The fourth-order valence-corrected chi connectivity index (χ4v) is 2.83. The lowest BCUT2D eigenvalue weighted by atomic mass is 9.80. The zero-order valence-electron chi connectivity index (χ0n) is 14.3. The highest BCUT2D eigenvalue weighted by molar-refractivity contribution is 5.81. The topological polar surface area (TPSA) is 56.7 Å². The van der Waals surface area contributed by atoms with E-state index in [1.54, 1.807) is 26.0 Å². The van der Waals surface area contributed by atoms with Crippen LogP contribution in [0.5, 0.6) is 0 Å². The molecular formula is C16H32N4O. The van der Waals surface area contributed by atoms with Crippen molar-refractivity contribution in [1.29, 1.82) is 0 Å². The summed E-state index contributed by atoms with van der Waals surface area (Å²) in [6.45, 7) is 5.26. The maximum absolute atomic E-state index is 11.5. The van der Waals surface area contributed by atoms with Gasteiger partial charge in [0.05, 0.1) is 0 Å². The number of carbonyl (C=O) groups excluding carboxylic acids is 1. The van der Waals surface area contributed by atoms with Gasteiger partial charge >= 0.3 is 0 Å². The minimum atomic E-state index is 0.135. The summed E-state index contributed by atoms with van der Waals surface area (Å²) < 4.78 is 0. The van der Waals surface area contributed by atoms with Crippen LogP contribution in [0.4, 0.5) is 0 Å². The molecule has 0 heterocycles. The molecule has 1 saturated carbocycles. The Bertz CT molecular complexity index is 344. The van der Waals surface area contributed by atoms with E-state index in [1.807, 2.05) is 0 Å². The molecule has 2 N–H and O–H groups in total. The molecule has 1 aliphatic carbocycles. The number of nitrogens with one attached hydrogen (secondary N) is 2. The monoisotopic (exact) mass is 296 g/mol. The molecule has 21 heavy (non-hydrogen) atoms. The zero-order chi connectivity index (χ0) is 15.8. The van der Waals surface area contributed by atoms with Crippen LogP contribution >= 0.6 is 0 Å². The Kier molecular flexibility index (Phi) is 7.54. The van der Waals surface area contributed by atoms with Gasteiger partial charge in [-0.25, -0.2) is 0 Å². The van der Waals surface area contributed by atoms with Crippen LogP contribution in [0.2, 0.25) is 0 Å². The zero-order valence-corrected chi connectivity index (χ0v) is 14.3. The van der Waals surface area contributed by atoms with Crippen molar-refractivity contribution in [2.75, 3.05) is 27.7 Å². The Labute approximate surface area is 129 Å². The first-order chi connectivity index (χ1) is 9.93. The standard InChI is InChI=1S/C16H32N4O/c1-12(2)13-6-8-14(9-7-13)19-16(17-3)18-11-10-15(21)20(4)5/h12-14H,6-11H2,1-5H3,(H2,17,18,19). The highest BCUT2D eigenvalue weighted by Gasteiger charge is 2.23. The summed E-state index contributed by atoms with van der Waals surface area (Å²) in [6, 6.07) is 0.510. The molecule has 0 radical (unpaired) electrons. The number of carbonyl (C=O) groups is 1. The van der Waals surface area contributed by atoms with Gasteiger partial charge in [-0.1, -0.05) is 13.8 Å². The first-order valence-corrected chi connectivity index (χ1v) is 8.11. The number of aliphatic imine (C=N–C) groups is 1. The van der Waals surface area contributed by atoms with Crippen LogP contribution in [0.1, 0.15) is 46.0 Å². The number of nitrogens with zero attached hydrogens (tertiary/aromatic N) is 2. The lowest BCUT2D eigenvalue weighted by Gasteiger charge is -2.32. The Morgan fingerprint density at radius 3 is 2.33 bits per heavy atom. The molecule has 1 aliphatic rings. The molecule has 1 rings (SSSR count). The van der Waals surface area contributed by atoms with Crippen LogP contribution in [0.25, 0.3) is 0 Å². The van der Waals surface area contributed by atoms with Gasteiger partial charge in [0.15, 0.2) is 5.96 Å². The molecule has 0 bridgehead atoms. The van der Waals surface area contributed by atoms with Crippen molar-refractivity contribution in [2.45, 2.75) is 52.0 Å². The van der Waals surface area contributed by atoms with E-state index in [0.717, 1.165) is 17.8 Å². The predicted octanol–water partition coefficient (Wildman–Crippen LogP) is 1.84. The maximum atomic E-state index is 11.5. The number of hydrogen-bond acceptors (Lipinski definition) is 2. The second-order valence-corrected chi connectivity index (χ2v) is 6.54. The number of guanidine groups is 1. The fraction of sp³-hybridized carbons (Fsp3) is 0.875. The van der Waals surface area contributed by atoms with Gasteiger partial charge in [0, 0.05) is 40.2 Å². The van der Waals surface area contributed by atoms with Crippen molar-refractivity contribution >= 4 is 11.9 Å². The minimum absolute atomic E-state index is 0.135. The fourth-order valence-electron chi connectivity index (χ4n) is 2.83. The highest BCUT2D eigenvalue weighted by Crippen LogP contribution is 2.29. The lowest BCUT2D eigenvalue weighted by Crippen LogP contribution is -2.45. The van der Waals surface area contributed by atoms with Gasteiger partial charge in [-0.15, -0.1) is 0 Å². The van der Waals surface area contributed by atoms with Crippen molar-refractivity contribution in [3.8, 4) is 0 Å². The van der Waals surface area contributed by atoms with E-state index in [9.17, 15) is 4.79 Å². The summed E-state index contributed by atoms with van der Waals surface area (Å²) in [5.74, 6) is 2.61. The van der Waals surface area contributed by atoms with E-state index < -0.39 is 0 Å². The summed E-state index contributed by atoms with van der Waals surface area (Å²) >= 11 is 0. The van der Waals surface area contributed by atoms with Gasteiger partial charge in [-0.2, -0.15) is 0 Å². The first kappa shape index (κ1) is 17.8. The second kappa shape index (κ2) is 8.90. The van der Waals surface area contributed by atoms with E-state index >= 15 is 0 Å². The van der Waals surface area contributed by atoms with Crippen molar-refractivity contribution in [1.82, 2.24) is 15.5 Å². The second-order valence-electron chi connectivity index (χ2n) is 6.54. The molecule has 5 heteroatoms. The smallest absolute Gasteiger partial charge is 0.223 e. The van der Waals surface area contributed by atoms with E-state index in [4.69, 9.17) is 0 Å². The van der Waals surface area contributed by atoms with E-state index in [0.29, 0.717) is 19.0 Å². The molecule has 1 amide bonds. The molecule has 0 aromatic heterocycles. The van der Waals surface area contributed by atoms with E-state index in [-0.39, 0.29) is 5.91 Å². The number of rotatable bonds is 5. The largest absolute Gasteiger partial charge is 0.356 e. The number of hydrogen-bond donors (Lipinski definition) is 2. The Morgan fingerprint density at radius 1 is 1.24 bits per heavy atom. The van der Waals surface area contributed by atoms with Gasteiger partial charge in [0.25, 0.3) is 0 Å². The van der Waals surface area contributed by atoms with Crippen LogP contribution in [0, 0.1) is 11.8 Å². The van der Waals surface area contributed by atoms with Crippen molar-refractivity contribution in [3.05, 3.63) is 0 Å². The summed E-state index contributed by atoms with van der Waals surface area (Å²) in [5.41, 5.74) is 0. The molecule has 0 saturated heterocycles.